The molecule has 1 aliphatic carbocycles. The molecule has 0 unspecified atom stereocenters. The van der Waals surface area contributed by atoms with E-state index in [1.54, 1.807) is 13.2 Å². The number of hydrogen-bond acceptors (Lipinski definition) is 4. The number of amides is 1. The Kier molecular flexibility index (Phi) is 6.23. The molecule has 1 amide bonds. The summed E-state index contributed by atoms with van der Waals surface area (Å²) in [5.41, 5.74) is 0.983. The zero-order valence-electron chi connectivity index (χ0n) is 14.0. The van der Waals surface area contributed by atoms with Gasteiger partial charge in [-0.3, -0.25) is 9.59 Å². The van der Waals surface area contributed by atoms with Crippen LogP contribution in [0.2, 0.25) is 0 Å². The van der Waals surface area contributed by atoms with Crippen LogP contribution in [0.4, 0.5) is 0 Å². The average Bonchev–Trinajstić information content (AvgIpc) is 3.02. The number of methoxy groups -OCH3 is 1. The molecular weight excluding hydrogens is 310 g/mol. The molecule has 6 heteroatoms. The smallest absolute Gasteiger partial charge is 0.306 e. The highest BCUT2D eigenvalue weighted by Gasteiger charge is 2.30. The maximum absolute atomic E-state index is 12.0. The number of aliphatic carboxylic acids is 1. The van der Waals surface area contributed by atoms with Crippen molar-refractivity contribution in [2.75, 3.05) is 13.7 Å². The van der Waals surface area contributed by atoms with E-state index in [2.05, 4.69) is 5.32 Å². The van der Waals surface area contributed by atoms with Crippen molar-refractivity contribution in [2.24, 2.45) is 5.92 Å². The number of carbonyl (C=O) groups is 2. The first-order valence-corrected chi connectivity index (χ1v) is 7.99. The van der Waals surface area contributed by atoms with Gasteiger partial charge in [-0.25, -0.2) is 0 Å². The molecule has 1 aliphatic rings. The van der Waals surface area contributed by atoms with Gasteiger partial charge in [-0.05, 0) is 43.9 Å². The highest BCUT2D eigenvalue weighted by molar-refractivity contribution is 5.78. The van der Waals surface area contributed by atoms with Gasteiger partial charge in [0.05, 0.1) is 13.0 Å². The van der Waals surface area contributed by atoms with Crippen LogP contribution in [0.15, 0.2) is 24.3 Å². The summed E-state index contributed by atoms with van der Waals surface area (Å²) in [5, 5.41) is 11.8. The molecule has 0 saturated heterocycles. The number of carboxylic acid groups (broad SMARTS) is 1. The Labute approximate surface area is 141 Å². The second kappa shape index (κ2) is 8.38. The second-order valence-electron chi connectivity index (χ2n) is 5.81. The van der Waals surface area contributed by atoms with Crippen molar-refractivity contribution in [2.45, 2.75) is 32.2 Å². The third-order valence-electron chi connectivity index (χ3n) is 4.05. The number of rotatable bonds is 7. The van der Waals surface area contributed by atoms with E-state index in [0.29, 0.717) is 30.8 Å². The number of allylic oxidation sites excluding steroid dienone is 1. The lowest BCUT2D eigenvalue weighted by Crippen LogP contribution is -2.36. The van der Waals surface area contributed by atoms with E-state index < -0.39 is 5.97 Å². The van der Waals surface area contributed by atoms with Crippen molar-refractivity contribution in [1.82, 2.24) is 5.32 Å². The number of ether oxygens (including phenoxy) is 2. The lowest BCUT2D eigenvalue weighted by molar-refractivity contribution is -0.141. The van der Waals surface area contributed by atoms with E-state index in [0.717, 1.165) is 5.56 Å². The summed E-state index contributed by atoms with van der Waals surface area (Å²) in [5.74, 6) is -0.365. The van der Waals surface area contributed by atoms with E-state index in [1.165, 1.54) is 0 Å². The lowest BCUT2D eigenvalue weighted by Gasteiger charge is -2.14. The van der Waals surface area contributed by atoms with Crippen LogP contribution in [0.3, 0.4) is 0 Å². The number of carboxylic acids is 1. The maximum atomic E-state index is 12.0. The number of benzene rings is 1. The molecule has 6 nitrogen and oxygen atoms in total. The Hall–Kier alpha value is -2.50. The van der Waals surface area contributed by atoms with Crippen molar-refractivity contribution in [3.63, 3.8) is 0 Å². The van der Waals surface area contributed by atoms with Crippen LogP contribution < -0.4 is 14.8 Å². The standard InChI is InChI=1S/C18H23NO5/c1-3-4-12-5-8-15(16(9-12)23-2)24-11-17(20)19-14-7-6-13(10-14)18(21)22/h3-5,8-9,13-14H,6-7,10-11H2,1-2H3,(H,19,20)(H,21,22)/b4-3+/t13-,14+/m0/s1. The van der Waals surface area contributed by atoms with Crippen LogP contribution >= 0.6 is 0 Å². The summed E-state index contributed by atoms with van der Waals surface area (Å²) in [4.78, 5) is 22.9. The molecule has 0 aromatic heterocycles. The predicted molar refractivity (Wildman–Crippen MR) is 90.1 cm³/mol. The summed E-state index contributed by atoms with van der Waals surface area (Å²) in [6.07, 6.45) is 5.63. The summed E-state index contributed by atoms with van der Waals surface area (Å²) in [7, 11) is 1.55. The Morgan fingerprint density at radius 1 is 1.33 bits per heavy atom. The zero-order chi connectivity index (χ0) is 17.5. The van der Waals surface area contributed by atoms with Gasteiger partial charge >= 0.3 is 5.97 Å². The summed E-state index contributed by atoms with van der Waals surface area (Å²) in [6, 6.07) is 5.38. The van der Waals surface area contributed by atoms with Gasteiger partial charge in [-0.1, -0.05) is 18.2 Å². The first kappa shape index (κ1) is 17.8. The molecule has 0 bridgehead atoms. The van der Waals surface area contributed by atoms with Crippen molar-refractivity contribution < 1.29 is 24.2 Å². The first-order chi connectivity index (χ1) is 11.5. The minimum absolute atomic E-state index is 0.0961. The van der Waals surface area contributed by atoms with Crippen molar-refractivity contribution in [1.29, 1.82) is 0 Å². The largest absolute Gasteiger partial charge is 0.493 e. The van der Waals surface area contributed by atoms with Gasteiger partial charge in [0.25, 0.3) is 5.91 Å². The Balaban J connectivity index is 1.86. The molecule has 130 valence electrons. The van der Waals surface area contributed by atoms with E-state index in [1.807, 2.05) is 31.2 Å². The highest BCUT2D eigenvalue weighted by atomic mass is 16.5. The summed E-state index contributed by atoms with van der Waals surface area (Å²) < 4.78 is 10.8. The van der Waals surface area contributed by atoms with Crippen molar-refractivity contribution in [3.05, 3.63) is 29.8 Å². The topological polar surface area (TPSA) is 84.9 Å². The SMILES string of the molecule is C/C=C/c1ccc(OCC(=O)N[C@@H]2CC[C@H](C(=O)O)C2)c(OC)c1. The predicted octanol–water partition coefficient (Wildman–Crippen LogP) is 2.48. The van der Waals surface area contributed by atoms with Gasteiger partial charge in [0.15, 0.2) is 18.1 Å². The molecule has 0 heterocycles. The third-order valence-corrected chi connectivity index (χ3v) is 4.05. The fraction of sp³-hybridized carbons (Fsp3) is 0.444. The van der Waals surface area contributed by atoms with Crippen LogP contribution in [0, 0.1) is 5.92 Å². The third kappa shape index (κ3) is 4.75. The maximum Gasteiger partial charge on any atom is 0.306 e. The molecule has 0 spiro atoms. The monoisotopic (exact) mass is 333 g/mol. The molecule has 1 saturated carbocycles. The number of carbonyl (C=O) groups excluding carboxylic acids is 1. The van der Waals surface area contributed by atoms with Crippen LogP contribution in [-0.2, 0) is 9.59 Å². The quantitative estimate of drug-likeness (QED) is 0.801. The molecule has 24 heavy (non-hydrogen) atoms. The zero-order valence-corrected chi connectivity index (χ0v) is 14.0. The van der Waals surface area contributed by atoms with Gasteiger partial charge in [-0.15, -0.1) is 0 Å². The molecule has 2 atom stereocenters. The molecule has 0 radical (unpaired) electrons. The molecule has 2 rings (SSSR count). The van der Waals surface area contributed by atoms with Gasteiger partial charge in [0.2, 0.25) is 0 Å². The fourth-order valence-electron chi connectivity index (χ4n) is 2.85. The minimum atomic E-state index is -0.797. The normalized spacial score (nSPS) is 20.1. The van der Waals surface area contributed by atoms with E-state index >= 15 is 0 Å². The van der Waals surface area contributed by atoms with Crippen LogP contribution in [0.25, 0.3) is 6.08 Å². The molecule has 1 aromatic carbocycles. The first-order valence-electron chi connectivity index (χ1n) is 7.99. The van der Waals surface area contributed by atoms with Crippen LogP contribution in [0.5, 0.6) is 11.5 Å². The Bertz CT molecular complexity index is 626. The molecule has 1 fully saturated rings. The fourth-order valence-corrected chi connectivity index (χ4v) is 2.85. The summed E-state index contributed by atoms with van der Waals surface area (Å²) >= 11 is 0. The van der Waals surface area contributed by atoms with Gasteiger partial charge in [-0.2, -0.15) is 0 Å². The molecule has 0 aliphatic heterocycles. The van der Waals surface area contributed by atoms with Crippen molar-refractivity contribution >= 4 is 18.0 Å². The van der Waals surface area contributed by atoms with Gasteiger partial charge in [0.1, 0.15) is 0 Å². The van der Waals surface area contributed by atoms with E-state index in [4.69, 9.17) is 14.6 Å². The van der Waals surface area contributed by atoms with Gasteiger partial charge < -0.3 is 19.9 Å². The minimum Gasteiger partial charge on any atom is -0.493 e. The summed E-state index contributed by atoms with van der Waals surface area (Å²) in [6.45, 7) is 1.80. The highest BCUT2D eigenvalue weighted by Crippen LogP contribution is 2.29. The molecule has 1 aromatic rings. The second-order valence-corrected chi connectivity index (χ2v) is 5.81. The molecule has 2 N–H and O–H groups in total. The molecular formula is C18H23NO5. The lowest BCUT2D eigenvalue weighted by atomic mass is 10.1. The number of hydrogen-bond donors (Lipinski definition) is 2. The van der Waals surface area contributed by atoms with Crippen LogP contribution in [0.1, 0.15) is 31.7 Å². The van der Waals surface area contributed by atoms with Crippen molar-refractivity contribution in [3.8, 4) is 11.5 Å². The Morgan fingerprint density at radius 3 is 2.75 bits per heavy atom. The van der Waals surface area contributed by atoms with E-state index in [9.17, 15) is 9.59 Å². The van der Waals surface area contributed by atoms with Crippen LogP contribution in [-0.4, -0.2) is 36.7 Å². The van der Waals surface area contributed by atoms with E-state index in [-0.39, 0.29) is 24.5 Å². The Morgan fingerprint density at radius 2 is 2.12 bits per heavy atom. The average molecular weight is 333 g/mol. The number of nitrogens with one attached hydrogen (secondary N) is 1. The van der Waals surface area contributed by atoms with Gasteiger partial charge in [0, 0.05) is 6.04 Å².